The van der Waals surface area contributed by atoms with Crippen molar-refractivity contribution in [3.8, 4) is 5.88 Å². The molecule has 5 heterocycles. The third kappa shape index (κ3) is 4.86. The molecule has 186 valence electrons. The topological polar surface area (TPSA) is 79.6 Å². The quantitative estimate of drug-likeness (QED) is 0.410. The van der Waals surface area contributed by atoms with Crippen molar-refractivity contribution in [1.82, 2.24) is 20.0 Å². The fourth-order valence-electron chi connectivity index (χ4n) is 5.38. The molecule has 2 atom stereocenters. The van der Waals surface area contributed by atoms with Gasteiger partial charge in [-0.2, -0.15) is 0 Å². The lowest BCUT2D eigenvalue weighted by Gasteiger charge is -2.46. The Kier molecular flexibility index (Phi) is 6.42. The second-order valence-electron chi connectivity index (χ2n) is 9.86. The largest absolute Gasteiger partial charge is 0.477 e. The number of pyridine rings is 2. The van der Waals surface area contributed by atoms with Crippen LogP contribution in [0.2, 0.25) is 0 Å². The first-order chi connectivity index (χ1) is 17.7. The molecular formula is C28H32N6O2. The highest BCUT2D eigenvalue weighted by Gasteiger charge is 2.34. The standard InChI is InChI=1S/C28H32N6O2/c1-20-15-29-12-11-25(20)30-16-22-5-4-8-27(31-22)35-19-21-9-10-23-18-34(14-13-33(23)17-21)28-24-6-2-3-7-26(24)36-32-28/h2-8,11-12,15,21,23H,9-10,13-14,16-19H2,1H3,(H,29,30)/t21-,23-/m1/s1. The lowest BCUT2D eigenvalue weighted by molar-refractivity contribution is 0.0716. The van der Waals surface area contributed by atoms with Crippen molar-refractivity contribution in [2.45, 2.75) is 32.4 Å². The van der Waals surface area contributed by atoms with Crippen molar-refractivity contribution in [3.63, 3.8) is 0 Å². The lowest BCUT2D eigenvalue weighted by Crippen LogP contribution is -2.57. The Morgan fingerprint density at radius 1 is 1.06 bits per heavy atom. The molecule has 36 heavy (non-hydrogen) atoms. The fraction of sp³-hybridized carbons (Fsp3) is 0.393. The molecule has 1 N–H and O–H groups in total. The monoisotopic (exact) mass is 484 g/mol. The molecule has 2 saturated heterocycles. The van der Waals surface area contributed by atoms with Crippen LogP contribution in [0.4, 0.5) is 11.5 Å². The van der Waals surface area contributed by atoms with Crippen LogP contribution in [-0.2, 0) is 6.54 Å². The Morgan fingerprint density at radius 3 is 2.94 bits per heavy atom. The van der Waals surface area contributed by atoms with Crippen LogP contribution >= 0.6 is 0 Å². The predicted molar refractivity (Wildman–Crippen MR) is 140 cm³/mol. The number of hydrogen-bond donors (Lipinski definition) is 1. The van der Waals surface area contributed by atoms with Crippen LogP contribution in [0.25, 0.3) is 11.0 Å². The summed E-state index contributed by atoms with van der Waals surface area (Å²) in [6.45, 7) is 7.47. The Hall–Kier alpha value is -3.65. The third-order valence-corrected chi connectivity index (χ3v) is 7.39. The van der Waals surface area contributed by atoms with Crippen LogP contribution in [-0.4, -0.2) is 58.9 Å². The summed E-state index contributed by atoms with van der Waals surface area (Å²) < 4.78 is 11.7. The van der Waals surface area contributed by atoms with Crippen LogP contribution < -0.4 is 15.0 Å². The summed E-state index contributed by atoms with van der Waals surface area (Å²) in [7, 11) is 0. The molecule has 1 aromatic carbocycles. The van der Waals surface area contributed by atoms with Gasteiger partial charge in [0.05, 0.1) is 24.2 Å². The van der Waals surface area contributed by atoms with E-state index in [-0.39, 0.29) is 0 Å². The van der Waals surface area contributed by atoms with Gasteiger partial charge >= 0.3 is 0 Å². The maximum absolute atomic E-state index is 6.16. The number of fused-ring (bicyclic) bond motifs is 2. The van der Waals surface area contributed by atoms with Crippen molar-refractivity contribution in [2.24, 2.45) is 5.92 Å². The van der Waals surface area contributed by atoms with Gasteiger partial charge in [-0.05, 0) is 49.6 Å². The average Bonchev–Trinajstić information content (AvgIpc) is 3.36. The van der Waals surface area contributed by atoms with Crippen LogP contribution in [0.1, 0.15) is 24.1 Å². The van der Waals surface area contributed by atoms with Gasteiger partial charge in [-0.15, -0.1) is 0 Å². The molecule has 8 heteroatoms. The molecule has 3 aromatic heterocycles. The van der Waals surface area contributed by atoms with E-state index in [1.165, 1.54) is 6.42 Å². The average molecular weight is 485 g/mol. The number of piperazine rings is 1. The number of piperidine rings is 1. The Morgan fingerprint density at radius 2 is 2.00 bits per heavy atom. The number of para-hydroxylation sites is 1. The highest BCUT2D eigenvalue weighted by atomic mass is 16.5. The first kappa shape index (κ1) is 22.8. The molecule has 0 unspecified atom stereocenters. The van der Waals surface area contributed by atoms with Crippen molar-refractivity contribution >= 4 is 22.5 Å². The van der Waals surface area contributed by atoms with E-state index in [0.717, 1.165) is 66.3 Å². The van der Waals surface area contributed by atoms with Crippen molar-refractivity contribution in [3.05, 3.63) is 72.2 Å². The predicted octanol–water partition coefficient (Wildman–Crippen LogP) is 4.52. The van der Waals surface area contributed by atoms with Crippen LogP contribution in [0, 0.1) is 12.8 Å². The van der Waals surface area contributed by atoms with E-state index in [0.29, 0.717) is 31.0 Å². The van der Waals surface area contributed by atoms with E-state index < -0.39 is 0 Å². The molecule has 4 aromatic rings. The summed E-state index contributed by atoms with van der Waals surface area (Å²) >= 11 is 0. The summed E-state index contributed by atoms with van der Waals surface area (Å²) in [6, 6.07) is 16.7. The molecule has 0 saturated carbocycles. The zero-order valence-electron chi connectivity index (χ0n) is 20.6. The first-order valence-corrected chi connectivity index (χ1v) is 12.8. The van der Waals surface area contributed by atoms with Crippen LogP contribution in [0.5, 0.6) is 5.88 Å². The van der Waals surface area contributed by atoms with Gasteiger partial charge in [-0.25, -0.2) is 4.98 Å². The molecule has 8 nitrogen and oxygen atoms in total. The lowest BCUT2D eigenvalue weighted by atomic mass is 9.91. The van der Waals surface area contributed by atoms with E-state index in [1.807, 2.05) is 55.6 Å². The van der Waals surface area contributed by atoms with E-state index in [9.17, 15) is 0 Å². The molecule has 0 bridgehead atoms. The number of anilines is 2. The van der Waals surface area contributed by atoms with Crippen LogP contribution in [0.15, 0.2) is 65.4 Å². The third-order valence-electron chi connectivity index (χ3n) is 7.39. The number of ether oxygens (including phenoxy) is 1. The second-order valence-corrected chi connectivity index (χ2v) is 9.86. The normalized spacial score (nSPS) is 20.3. The molecule has 0 aliphatic carbocycles. The summed E-state index contributed by atoms with van der Waals surface area (Å²) in [5.74, 6) is 2.20. The molecule has 6 rings (SSSR count). The zero-order chi connectivity index (χ0) is 24.3. The summed E-state index contributed by atoms with van der Waals surface area (Å²) in [5.41, 5.74) is 4.02. The van der Waals surface area contributed by atoms with Gasteiger partial charge in [0.15, 0.2) is 11.4 Å². The van der Waals surface area contributed by atoms with Gasteiger partial charge in [-0.3, -0.25) is 9.88 Å². The second kappa shape index (κ2) is 10.1. The summed E-state index contributed by atoms with van der Waals surface area (Å²) in [5, 5.41) is 8.92. The van der Waals surface area contributed by atoms with E-state index >= 15 is 0 Å². The van der Waals surface area contributed by atoms with Gasteiger partial charge in [0.25, 0.3) is 0 Å². The molecular weight excluding hydrogens is 452 g/mol. The minimum atomic E-state index is 0.517. The number of aryl methyl sites for hydroxylation is 1. The minimum absolute atomic E-state index is 0.517. The zero-order valence-corrected chi connectivity index (χ0v) is 20.6. The Labute approximate surface area is 211 Å². The number of nitrogens with one attached hydrogen (secondary N) is 1. The van der Waals surface area contributed by atoms with Gasteiger partial charge in [0.1, 0.15) is 0 Å². The number of aromatic nitrogens is 3. The van der Waals surface area contributed by atoms with Crippen molar-refractivity contribution in [2.75, 3.05) is 43.0 Å². The molecule has 2 fully saturated rings. The molecule has 0 spiro atoms. The molecule has 0 amide bonds. The molecule has 2 aliphatic heterocycles. The SMILES string of the molecule is Cc1cnccc1NCc1cccc(OC[C@@H]2CC[C@@H]3CN(c4noc5ccccc45)CCN3C2)n1. The van der Waals surface area contributed by atoms with Gasteiger partial charge in [0, 0.05) is 62.3 Å². The number of benzene rings is 1. The number of nitrogens with zero attached hydrogens (tertiary/aromatic N) is 5. The minimum Gasteiger partial charge on any atom is -0.477 e. The number of hydrogen-bond acceptors (Lipinski definition) is 8. The highest BCUT2D eigenvalue weighted by Crippen LogP contribution is 2.31. The molecule has 0 radical (unpaired) electrons. The summed E-state index contributed by atoms with van der Waals surface area (Å²) in [6.07, 6.45) is 5.99. The van der Waals surface area contributed by atoms with E-state index in [4.69, 9.17) is 14.2 Å². The smallest absolute Gasteiger partial charge is 0.213 e. The van der Waals surface area contributed by atoms with E-state index in [2.05, 4.69) is 31.3 Å². The highest BCUT2D eigenvalue weighted by molar-refractivity contribution is 5.88. The van der Waals surface area contributed by atoms with Crippen LogP contribution in [0.3, 0.4) is 0 Å². The maximum Gasteiger partial charge on any atom is 0.213 e. The van der Waals surface area contributed by atoms with Gasteiger partial charge in [-0.1, -0.05) is 23.4 Å². The maximum atomic E-state index is 6.16. The Balaban J connectivity index is 1.01. The van der Waals surface area contributed by atoms with Crippen molar-refractivity contribution < 1.29 is 9.26 Å². The number of rotatable bonds is 7. The van der Waals surface area contributed by atoms with Crippen molar-refractivity contribution in [1.29, 1.82) is 0 Å². The summed E-state index contributed by atoms with van der Waals surface area (Å²) in [4.78, 5) is 13.9. The molecule has 2 aliphatic rings. The van der Waals surface area contributed by atoms with Gasteiger partial charge in [0.2, 0.25) is 5.88 Å². The first-order valence-electron chi connectivity index (χ1n) is 12.8. The van der Waals surface area contributed by atoms with E-state index in [1.54, 1.807) is 6.20 Å². The fourth-order valence-corrected chi connectivity index (χ4v) is 5.38. The Bertz CT molecular complexity index is 1320. The van der Waals surface area contributed by atoms with Gasteiger partial charge < -0.3 is 19.5 Å².